The number of fused-ring (bicyclic) bond motifs is 1. The molecule has 1 aliphatic rings. The summed E-state index contributed by atoms with van der Waals surface area (Å²) in [5, 5.41) is 0. The van der Waals surface area contributed by atoms with E-state index >= 15 is 0 Å². The summed E-state index contributed by atoms with van der Waals surface area (Å²) in [5.41, 5.74) is 8.75. The Morgan fingerprint density at radius 1 is 1.35 bits per heavy atom. The molecule has 0 heterocycles. The van der Waals surface area contributed by atoms with Gasteiger partial charge in [-0.05, 0) is 49.4 Å². The quantitative estimate of drug-likeness (QED) is 0.789. The summed E-state index contributed by atoms with van der Waals surface area (Å²) in [4.78, 5) is 1.35. The molecule has 17 heavy (non-hydrogen) atoms. The highest BCUT2D eigenvalue weighted by Gasteiger charge is 2.12. The Morgan fingerprint density at radius 2 is 2.18 bits per heavy atom. The van der Waals surface area contributed by atoms with Gasteiger partial charge in [-0.1, -0.05) is 6.07 Å². The molecule has 0 aromatic heterocycles. The van der Waals surface area contributed by atoms with Crippen LogP contribution in [0.1, 0.15) is 24.5 Å². The molecule has 2 N–H and O–H groups in total. The molecular weight excluding hydrogens is 230 g/mol. The van der Waals surface area contributed by atoms with E-state index < -0.39 is 0 Å². The molecule has 0 aliphatic heterocycles. The maximum Gasteiger partial charge on any atom is 0.0790 e. The van der Waals surface area contributed by atoms with Gasteiger partial charge in [0.15, 0.2) is 0 Å². The SMILES string of the molecule is CCOC(CN)CSc1ccc2c(c1)CCC2. The molecule has 1 aromatic carbocycles. The second-order valence-electron chi connectivity index (χ2n) is 4.41. The second kappa shape index (κ2) is 6.43. The van der Waals surface area contributed by atoms with E-state index in [0.29, 0.717) is 6.54 Å². The summed E-state index contributed by atoms with van der Waals surface area (Å²) in [5.74, 6) is 0.948. The van der Waals surface area contributed by atoms with Crippen LogP contribution in [0.3, 0.4) is 0 Å². The fraction of sp³-hybridized carbons (Fsp3) is 0.571. The van der Waals surface area contributed by atoms with E-state index in [9.17, 15) is 0 Å². The lowest BCUT2D eigenvalue weighted by Gasteiger charge is -2.14. The fourth-order valence-corrected chi connectivity index (χ4v) is 3.25. The largest absolute Gasteiger partial charge is 0.376 e. The van der Waals surface area contributed by atoms with Gasteiger partial charge in [-0.25, -0.2) is 0 Å². The summed E-state index contributed by atoms with van der Waals surface area (Å²) in [6.45, 7) is 3.36. The lowest BCUT2D eigenvalue weighted by Crippen LogP contribution is -2.26. The molecule has 0 fully saturated rings. The van der Waals surface area contributed by atoms with Crippen LogP contribution in [0, 0.1) is 0 Å². The van der Waals surface area contributed by atoms with Crippen LogP contribution >= 0.6 is 11.8 Å². The highest BCUT2D eigenvalue weighted by Crippen LogP contribution is 2.28. The molecule has 2 rings (SSSR count). The van der Waals surface area contributed by atoms with Crippen molar-refractivity contribution in [1.29, 1.82) is 0 Å². The van der Waals surface area contributed by atoms with Crippen molar-refractivity contribution in [3.05, 3.63) is 29.3 Å². The predicted octanol–water partition coefficient (Wildman–Crippen LogP) is 2.63. The summed E-state index contributed by atoms with van der Waals surface area (Å²) < 4.78 is 5.56. The zero-order valence-electron chi connectivity index (χ0n) is 10.4. The molecule has 0 spiro atoms. The predicted molar refractivity (Wildman–Crippen MR) is 73.7 cm³/mol. The molecule has 1 aromatic rings. The van der Waals surface area contributed by atoms with Crippen molar-refractivity contribution in [1.82, 2.24) is 0 Å². The minimum absolute atomic E-state index is 0.179. The molecule has 3 heteroatoms. The van der Waals surface area contributed by atoms with Gasteiger partial charge in [-0.2, -0.15) is 0 Å². The number of benzene rings is 1. The van der Waals surface area contributed by atoms with Crippen LogP contribution in [-0.2, 0) is 17.6 Å². The Labute approximate surface area is 108 Å². The van der Waals surface area contributed by atoms with Gasteiger partial charge >= 0.3 is 0 Å². The number of ether oxygens (including phenoxy) is 1. The zero-order chi connectivity index (χ0) is 12.1. The Balaban J connectivity index is 1.90. The number of hydrogen-bond acceptors (Lipinski definition) is 3. The topological polar surface area (TPSA) is 35.2 Å². The summed E-state index contributed by atoms with van der Waals surface area (Å²) >= 11 is 1.85. The first-order valence-electron chi connectivity index (χ1n) is 6.39. The van der Waals surface area contributed by atoms with Gasteiger partial charge in [-0.3, -0.25) is 0 Å². The third-order valence-electron chi connectivity index (χ3n) is 3.17. The van der Waals surface area contributed by atoms with Crippen molar-refractivity contribution in [2.45, 2.75) is 37.2 Å². The summed E-state index contributed by atoms with van der Waals surface area (Å²) in [7, 11) is 0. The molecule has 2 nitrogen and oxygen atoms in total. The van der Waals surface area contributed by atoms with Crippen LogP contribution in [0.2, 0.25) is 0 Å². The maximum absolute atomic E-state index is 5.67. The molecule has 0 saturated heterocycles. The first kappa shape index (κ1) is 12.9. The Bertz CT molecular complexity index is 367. The van der Waals surface area contributed by atoms with E-state index in [4.69, 9.17) is 10.5 Å². The number of aryl methyl sites for hydroxylation is 2. The van der Waals surface area contributed by atoms with E-state index in [2.05, 4.69) is 18.2 Å². The van der Waals surface area contributed by atoms with Crippen LogP contribution in [0.15, 0.2) is 23.1 Å². The van der Waals surface area contributed by atoms with Crippen LogP contribution in [0.4, 0.5) is 0 Å². The van der Waals surface area contributed by atoms with Gasteiger partial charge in [0.25, 0.3) is 0 Å². The number of hydrogen-bond donors (Lipinski definition) is 1. The van der Waals surface area contributed by atoms with Crippen molar-refractivity contribution >= 4 is 11.8 Å². The molecule has 0 bridgehead atoms. The minimum Gasteiger partial charge on any atom is -0.376 e. The molecule has 0 amide bonds. The van der Waals surface area contributed by atoms with E-state index in [0.717, 1.165) is 12.4 Å². The Morgan fingerprint density at radius 3 is 2.94 bits per heavy atom. The molecule has 1 unspecified atom stereocenters. The molecular formula is C14H21NOS. The second-order valence-corrected chi connectivity index (χ2v) is 5.50. The van der Waals surface area contributed by atoms with Crippen LogP contribution in [-0.4, -0.2) is 25.0 Å². The number of rotatable bonds is 6. The zero-order valence-corrected chi connectivity index (χ0v) is 11.3. The first-order chi connectivity index (χ1) is 8.33. The molecule has 94 valence electrons. The average molecular weight is 251 g/mol. The molecule has 0 radical (unpaired) electrons. The lowest BCUT2D eigenvalue weighted by atomic mass is 10.1. The van der Waals surface area contributed by atoms with E-state index in [1.807, 2.05) is 18.7 Å². The Hall–Kier alpha value is -0.510. The summed E-state index contributed by atoms with van der Waals surface area (Å²) in [6.07, 6.45) is 3.99. The van der Waals surface area contributed by atoms with Crippen molar-refractivity contribution < 1.29 is 4.74 Å². The number of thioether (sulfide) groups is 1. The van der Waals surface area contributed by atoms with Gasteiger partial charge < -0.3 is 10.5 Å². The van der Waals surface area contributed by atoms with Crippen molar-refractivity contribution in [2.75, 3.05) is 18.9 Å². The van der Waals surface area contributed by atoms with Crippen LogP contribution < -0.4 is 5.73 Å². The van der Waals surface area contributed by atoms with Crippen molar-refractivity contribution in [3.8, 4) is 0 Å². The van der Waals surface area contributed by atoms with Gasteiger partial charge in [0.05, 0.1) is 6.10 Å². The molecule has 0 saturated carbocycles. The fourth-order valence-electron chi connectivity index (χ4n) is 2.25. The van der Waals surface area contributed by atoms with Gasteiger partial charge in [0, 0.05) is 23.8 Å². The normalized spacial score (nSPS) is 15.9. The van der Waals surface area contributed by atoms with E-state index in [-0.39, 0.29) is 6.10 Å². The van der Waals surface area contributed by atoms with E-state index in [1.54, 1.807) is 0 Å². The van der Waals surface area contributed by atoms with Crippen LogP contribution in [0.5, 0.6) is 0 Å². The van der Waals surface area contributed by atoms with Gasteiger partial charge in [0.1, 0.15) is 0 Å². The third kappa shape index (κ3) is 3.47. The summed E-state index contributed by atoms with van der Waals surface area (Å²) in [6, 6.07) is 6.85. The lowest BCUT2D eigenvalue weighted by molar-refractivity contribution is 0.0858. The number of nitrogens with two attached hydrogens (primary N) is 1. The molecule has 1 atom stereocenters. The smallest absolute Gasteiger partial charge is 0.0790 e. The highest BCUT2D eigenvalue weighted by atomic mass is 32.2. The van der Waals surface area contributed by atoms with Gasteiger partial charge in [0.2, 0.25) is 0 Å². The van der Waals surface area contributed by atoms with Crippen molar-refractivity contribution in [2.24, 2.45) is 5.73 Å². The Kier molecular flexibility index (Phi) is 4.89. The monoisotopic (exact) mass is 251 g/mol. The third-order valence-corrected chi connectivity index (χ3v) is 4.30. The van der Waals surface area contributed by atoms with E-state index in [1.165, 1.54) is 35.3 Å². The highest BCUT2D eigenvalue weighted by molar-refractivity contribution is 7.99. The molecule has 1 aliphatic carbocycles. The standard InChI is InChI=1S/C14H21NOS/c1-2-16-13(9-15)10-17-14-7-6-11-4-3-5-12(11)8-14/h6-8,13H,2-5,9-10,15H2,1H3. The average Bonchev–Trinajstić information content (AvgIpc) is 2.81. The maximum atomic E-state index is 5.67. The minimum atomic E-state index is 0.179. The van der Waals surface area contributed by atoms with Crippen molar-refractivity contribution in [3.63, 3.8) is 0 Å². The van der Waals surface area contributed by atoms with Gasteiger partial charge in [-0.15, -0.1) is 11.8 Å². The van der Waals surface area contributed by atoms with Crippen LogP contribution in [0.25, 0.3) is 0 Å². The first-order valence-corrected chi connectivity index (χ1v) is 7.38.